The van der Waals surface area contributed by atoms with Crippen molar-refractivity contribution in [1.29, 1.82) is 0 Å². The number of furan rings is 5. The summed E-state index contributed by atoms with van der Waals surface area (Å²) < 4.78 is 105. The molecule has 33 heteroatoms. The SMILES string of the molecule is CC1C2CCC(CC2)C1Cc1cc(-c2ccc(-c3cccn3C)o2)nc(-c2[nH]nc3ncc(F)cc23)n1.CC1C2CCC(CC2)C1Cc1cc(-c2ccc(-c3ccco3)o2)nc(-c2[nH]nc3ncc(F)cc23)n1.CC1C2CCC(CC2)C1Cc1cc(-c2ccc(N3CCN(C)CC3)o2)nc(-c2[nH]nc3ncc(F)cc23)n1.CC1C2CCC(CC2)C1Cc1nc(-c2[nH]nc3ncc(F)cc23)nc(-c2ccc(C3CC3)o2)c1F. The summed E-state index contributed by atoms with van der Waals surface area (Å²) in [5, 5.41) is 31.0. The van der Waals surface area contributed by atoms with Crippen LogP contribution >= 0.6 is 0 Å². The predicted molar refractivity (Wildman–Crippen MR) is 541 cm³/mol. The summed E-state index contributed by atoms with van der Waals surface area (Å²) in [5.74, 6) is 17.1. The molecule has 1 saturated heterocycles. The number of rotatable bonds is 20. The molecule has 32 rings (SSSR count). The molecule has 4 N–H and O–H groups in total. The number of H-pyrrole nitrogens is 4. The monoisotopic (exact) mass is 1970 g/mol. The number of anilines is 1. The summed E-state index contributed by atoms with van der Waals surface area (Å²) in [5.41, 5.74) is 10.4. The first-order chi connectivity index (χ1) is 71.2. The van der Waals surface area contributed by atoms with Gasteiger partial charge in [-0.05, 0) is 352 Å². The molecule has 13 aliphatic carbocycles. The topological polar surface area (TPSA) is 347 Å². The zero-order chi connectivity index (χ0) is 98.8. The molecule has 0 spiro atoms. The van der Waals surface area contributed by atoms with Gasteiger partial charge < -0.3 is 36.5 Å². The fourth-order valence-corrected chi connectivity index (χ4v) is 26.6. The second-order valence-corrected chi connectivity index (χ2v) is 43.2. The Morgan fingerprint density at radius 2 is 0.719 bits per heavy atom. The van der Waals surface area contributed by atoms with E-state index in [1.165, 1.54) is 139 Å². The molecular formula is C113H116F5N23O5. The Hall–Kier alpha value is -14.1. The second kappa shape index (κ2) is 38.7. The first kappa shape index (κ1) is 93.0. The molecule has 14 aliphatic rings. The van der Waals surface area contributed by atoms with Crippen LogP contribution in [0.15, 0.2) is 175 Å². The molecular weight excluding hydrogens is 1850 g/mol. The van der Waals surface area contributed by atoms with Crippen LogP contribution in [-0.4, -0.2) is 143 Å². The molecule has 28 nitrogen and oxygen atoms in total. The summed E-state index contributed by atoms with van der Waals surface area (Å²) in [4.78, 5) is 59.8. The number of nitrogens with zero attached hydrogens (tertiary/aromatic N) is 19. The van der Waals surface area contributed by atoms with Crippen LogP contribution in [0.2, 0.25) is 0 Å². The third-order valence-electron chi connectivity index (χ3n) is 35.0. The lowest BCUT2D eigenvalue weighted by molar-refractivity contribution is 0.0334. The largest absolute Gasteiger partial charge is 0.461 e. The van der Waals surface area contributed by atoms with Crippen LogP contribution < -0.4 is 4.90 Å². The fraction of sp³-hybridized carbons (Fsp3) is 0.434. The predicted octanol–water partition coefficient (Wildman–Crippen LogP) is 24.7. The van der Waals surface area contributed by atoms with Crippen LogP contribution in [0.5, 0.6) is 0 Å². The number of pyridine rings is 4. The number of likely N-dealkylation sites (N-methyl/N-ethyl adjacent to an activating group) is 1. The number of aromatic nitrogens is 21. The zero-order valence-electron chi connectivity index (χ0n) is 82.6. The molecule has 0 amide bonds. The van der Waals surface area contributed by atoms with Crippen LogP contribution in [0.1, 0.15) is 178 Å². The van der Waals surface area contributed by atoms with Crippen molar-refractivity contribution < 1.29 is 44.0 Å². The number of hydrogen-bond acceptors (Lipinski definition) is 23. The summed E-state index contributed by atoms with van der Waals surface area (Å²) in [6.45, 7) is 13.5. The second-order valence-electron chi connectivity index (χ2n) is 43.2. The van der Waals surface area contributed by atoms with Crippen LogP contribution in [0.4, 0.5) is 27.8 Å². The summed E-state index contributed by atoms with van der Waals surface area (Å²) in [6, 6.07) is 35.0. The van der Waals surface area contributed by atoms with Gasteiger partial charge in [-0.25, -0.2) is 81.8 Å². The quantitative estimate of drug-likeness (QED) is 0.0515. The third-order valence-corrected chi connectivity index (χ3v) is 35.0. The molecule has 8 atom stereocenters. The van der Waals surface area contributed by atoms with Crippen LogP contribution in [0.25, 0.3) is 159 Å². The molecule has 1 aliphatic heterocycles. The average Bonchev–Trinajstić information content (AvgIpc) is 1.44. The third kappa shape index (κ3) is 18.2. The summed E-state index contributed by atoms with van der Waals surface area (Å²) in [7, 11) is 4.14. The minimum atomic E-state index is -0.477. The maximum absolute atomic E-state index is 16.0. The zero-order valence-corrected chi connectivity index (χ0v) is 82.6. The van der Waals surface area contributed by atoms with Gasteiger partial charge in [-0.2, -0.15) is 20.4 Å². The van der Waals surface area contributed by atoms with Gasteiger partial charge >= 0.3 is 0 Å². The number of halogens is 5. The Balaban J connectivity index is 0.000000102. The molecule has 13 saturated carbocycles. The molecule has 0 radical (unpaired) electrons. The Morgan fingerprint density at radius 1 is 0.342 bits per heavy atom. The van der Waals surface area contributed by atoms with E-state index in [-0.39, 0.29) is 11.5 Å². The van der Waals surface area contributed by atoms with E-state index in [0.717, 1.165) is 158 Å². The van der Waals surface area contributed by atoms with Gasteiger partial charge in [0.25, 0.3) is 0 Å². The molecule has 14 fully saturated rings. The van der Waals surface area contributed by atoms with E-state index in [2.05, 4.69) is 122 Å². The highest BCUT2D eigenvalue weighted by Gasteiger charge is 2.47. The highest BCUT2D eigenvalue weighted by Crippen LogP contribution is 2.55. The molecule has 8 unspecified atom stereocenters. The van der Waals surface area contributed by atoms with Crippen molar-refractivity contribution in [2.75, 3.05) is 38.1 Å². The van der Waals surface area contributed by atoms with Crippen molar-refractivity contribution in [2.24, 2.45) is 102 Å². The minimum absolute atomic E-state index is 0.151. The van der Waals surface area contributed by atoms with Crippen molar-refractivity contribution in [3.8, 4) is 115 Å². The first-order valence-electron chi connectivity index (χ1n) is 52.4. The lowest BCUT2D eigenvalue weighted by Crippen LogP contribution is -2.44. The number of aromatic amines is 4. The number of aryl methyl sites for hydroxylation is 1. The van der Waals surface area contributed by atoms with Crippen molar-refractivity contribution >= 4 is 50.0 Å². The van der Waals surface area contributed by atoms with Gasteiger partial charge in [0.2, 0.25) is 0 Å². The Labute approximate surface area is 839 Å². The van der Waals surface area contributed by atoms with Gasteiger partial charge in [0.05, 0.1) is 64.0 Å². The van der Waals surface area contributed by atoms with Crippen LogP contribution in [-0.2, 0) is 32.7 Å². The first-order valence-corrected chi connectivity index (χ1v) is 52.4. The normalized spacial score (nSPS) is 24.7. The molecule has 8 bridgehead atoms. The standard InChI is InChI=1S/C29H34FN7O.C29H29FN6O.C28H26FN5O2.C27H27F2N5O/c1-17-18-3-5-19(6-4-18)22(17)14-21-15-24(25-7-8-26(38-25)37-11-9-36(2)10-12-37)33-29(32-21)27-23-13-20(30)16-31-28(23)35-34-27;1-16-17-5-7-18(8-6-17)21(16)13-20-14-23(25-9-10-26(37-25)24-4-3-11-36(24)2)33-29(32-20)27-22-12-19(30)15-31-28(22)35-34-27;1-15-16-4-6-17(7-5-16)20(15)12-19-13-22(23-8-9-25(36-23)24-3-2-10-35-24)32-28(31-19)26-21-11-18(29)14-30-27(21)34-33-26;1-13-14-2-4-15(5-3-14)18(13)11-20-23(29)25(22-9-8-21(35-22)16-6-7-16)32-27(31-20)24-19-10-17(28)12-30-26(19)34-33-24/h7-8,13,15-19,22H,3-6,9-12,14H2,1-2H3,(H,31,34,35);3-4,9-12,14-18,21H,5-8,13H2,1-2H3,(H,31,34,35);2-3,8-11,13-17,20H,4-7,12H2,1H3,(H,30,33,34);8-10,12-16,18H,2-7,11H2,1H3,(H,30,33,34). The molecule has 748 valence electrons. The smallest absolute Gasteiger partial charge is 0.196 e. The lowest BCUT2D eigenvalue weighted by atomic mass is 9.58. The maximum Gasteiger partial charge on any atom is 0.196 e. The number of fused-ring (bicyclic) bond motifs is 16. The van der Waals surface area contributed by atoms with E-state index in [4.69, 9.17) is 57.0 Å². The molecule has 0 aromatic carbocycles. The Morgan fingerprint density at radius 3 is 1.12 bits per heavy atom. The van der Waals surface area contributed by atoms with E-state index in [1.807, 2.05) is 90.6 Å². The van der Waals surface area contributed by atoms with Gasteiger partial charge in [0.15, 0.2) is 97.9 Å². The number of piperazine rings is 1. The van der Waals surface area contributed by atoms with Crippen molar-refractivity contribution in [2.45, 2.75) is 175 Å². The Kier molecular flexibility index (Phi) is 24.6. The van der Waals surface area contributed by atoms with Gasteiger partial charge in [-0.15, -0.1) is 0 Å². The summed E-state index contributed by atoms with van der Waals surface area (Å²) >= 11 is 0. The number of nitrogens with one attached hydrogen (secondary N) is 4. The van der Waals surface area contributed by atoms with Gasteiger partial charge in [-0.3, -0.25) is 20.4 Å². The minimum Gasteiger partial charge on any atom is -0.461 e. The molecule has 18 aromatic heterocycles. The lowest BCUT2D eigenvalue weighted by Gasteiger charge is -2.47. The van der Waals surface area contributed by atoms with Crippen molar-refractivity contribution in [1.82, 2.24) is 110 Å². The highest BCUT2D eigenvalue weighted by atomic mass is 19.1. The van der Waals surface area contributed by atoms with E-state index in [9.17, 15) is 17.6 Å². The van der Waals surface area contributed by atoms with Gasteiger partial charge in [0, 0.05) is 68.5 Å². The van der Waals surface area contributed by atoms with Crippen molar-refractivity contribution in [3.63, 3.8) is 0 Å². The highest BCUT2D eigenvalue weighted by molar-refractivity contribution is 5.92. The van der Waals surface area contributed by atoms with E-state index >= 15 is 4.39 Å². The molecule has 18 aromatic rings. The molecule has 146 heavy (non-hydrogen) atoms. The Bertz CT molecular complexity index is 7790. The van der Waals surface area contributed by atoms with Gasteiger partial charge in [0.1, 0.15) is 74.6 Å². The van der Waals surface area contributed by atoms with E-state index < -0.39 is 29.1 Å². The summed E-state index contributed by atoms with van der Waals surface area (Å²) in [6.07, 6.45) is 34.7. The van der Waals surface area contributed by atoms with E-state index in [1.54, 1.807) is 12.3 Å². The number of hydrogen-bond donors (Lipinski definition) is 4. The fourth-order valence-electron chi connectivity index (χ4n) is 26.6. The van der Waals surface area contributed by atoms with Crippen LogP contribution in [0, 0.1) is 124 Å². The van der Waals surface area contributed by atoms with Crippen molar-refractivity contribution in [3.05, 3.63) is 210 Å². The van der Waals surface area contributed by atoms with E-state index in [0.29, 0.717) is 202 Å². The maximum atomic E-state index is 16.0. The van der Waals surface area contributed by atoms with Gasteiger partial charge in [-0.1, -0.05) is 27.7 Å². The average molecular weight is 1970 g/mol. The van der Waals surface area contributed by atoms with Crippen LogP contribution in [0.3, 0.4) is 0 Å². The molecule has 19 heterocycles.